The lowest BCUT2D eigenvalue weighted by Gasteiger charge is -2.15. The maximum absolute atomic E-state index is 11.3. The third-order valence-corrected chi connectivity index (χ3v) is 6.13. The van der Waals surface area contributed by atoms with E-state index in [0.29, 0.717) is 19.6 Å². The highest BCUT2D eigenvalue weighted by Gasteiger charge is 2.17. The number of carboxylic acids is 1. The van der Waals surface area contributed by atoms with E-state index in [0.717, 1.165) is 24.3 Å². The van der Waals surface area contributed by atoms with Crippen LogP contribution in [0.1, 0.15) is 25.1 Å². The van der Waals surface area contributed by atoms with Crippen molar-refractivity contribution in [1.29, 1.82) is 0 Å². The van der Waals surface area contributed by atoms with Gasteiger partial charge in [-0.05, 0) is 67.1 Å². The molecule has 1 atom stereocenters. The number of carboxylic acid groups (broad SMARTS) is 1. The van der Waals surface area contributed by atoms with Crippen LogP contribution in [-0.2, 0) is 28.9 Å². The molecule has 0 fully saturated rings. The van der Waals surface area contributed by atoms with Gasteiger partial charge in [-0.25, -0.2) is 4.79 Å². The van der Waals surface area contributed by atoms with Gasteiger partial charge in [0.05, 0.1) is 6.54 Å². The van der Waals surface area contributed by atoms with Gasteiger partial charge in [-0.2, -0.15) is 0 Å². The number of carbonyl (C=O) groups is 1. The smallest absolute Gasteiger partial charge is 0.333 e. The Hall–Kier alpha value is -2.70. The molecule has 0 spiro atoms. The number of benzene rings is 2. The van der Waals surface area contributed by atoms with E-state index in [2.05, 4.69) is 54.1 Å². The highest BCUT2D eigenvalue weighted by atomic mass is 32.2. The van der Waals surface area contributed by atoms with Crippen molar-refractivity contribution in [2.45, 2.75) is 44.2 Å². The molecule has 0 saturated heterocycles. The van der Waals surface area contributed by atoms with Crippen LogP contribution < -0.4 is 4.74 Å². The van der Waals surface area contributed by atoms with E-state index < -0.39 is 12.1 Å². The fraction of sp³-hybridized carbons (Fsp3) is 0.346. The molecule has 0 amide bonds. The molecule has 1 aromatic heterocycles. The molecule has 0 bridgehead atoms. The number of ether oxygens (including phenoxy) is 2. The molecule has 1 heterocycles. The average Bonchev–Trinajstić information content (AvgIpc) is 3.22. The van der Waals surface area contributed by atoms with Gasteiger partial charge in [0.1, 0.15) is 12.4 Å². The van der Waals surface area contributed by atoms with Crippen LogP contribution in [0.25, 0.3) is 11.3 Å². The highest BCUT2D eigenvalue weighted by Crippen LogP contribution is 2.26. The zero-order valence-corrected chi connectivity index (χ0v) is 19.7. The maximum Gasteiger partial charge on any atom is 0.333 e. The molecule has 0 aliphatic heterocycles. The first-order chi connectivity index (χ1) is 15.5. The molecule has 0 radical (unpaired) electrons. The SMILES string of the molecule is CCO[C@@H](Cc1ccc(OCCn2c(CC)ccc2-c2ccc(SC)cc2)cc1)C(=O)O. The van der Waals surface area contributed by atoms with Crippen LogP contribution in [0, 0.1) is 0 Å². The predicted octanol–water partition coefficient (Wildman–Crippen LogP) is 5.55. The van der Waals surface area contributed by atoms with Gasteiger partial charge in [0, 0.05) is 29.3 Å². The van der Waals surface area contributed by atoms with Crippen LogP contribution in [0.4, 0.5) is 0 Å². The fourth-order valence-corrected chi connectivity index (χ4v) is 4.11. The van der Waals surface area contributed by atoms with Crippen LogP contribution in [0.2, 0.25) is 0 Å². The molecule has 0 saturated carbocycles. The van der Waals surface area contributed by atoms with Gasteiger partial charge in [-0.3, -0.25) is 0 Å². The van der Waals surface area contributed by atoms with E-state index in [9.17, 15) is 9.90 Å². The first kappa shape index (κ1) is 24.0. The molecule has 32 heavy (non-hydrogen) atoms. The van der Waals surface area contributed by atoms with Gasteiger partial charge in [0.15, 0.2) is 6.10 Å². The first-order valence-corrected chi connectivity index (χ1v) is 12.2. The van der Waals surface area contributed by atoms with Crippen molar-refractivity contribution in [2.24, 2.45) is 0 Å². The molecular weight excluding hydrogens is 422 g/mol. The number of aromatic nitrogens is 1. The Morgan fingerprint density at radius 2 is 1.75 bits per heavy atom. The fourth-order valence-electron chi connectivity index (χ4n) is 3.71. The van der Waals surface area contributed by atoms with Crippen molar-refractivity contribution >= 4 is 17.7 Å². The molecule has 2 aromatic carbocycles. The van der Waals surface area contributed by atoms with E-state index in [1.807, 2.05) is 24.3 Å². The normalized spacial score (nSPS) is 12.0. The Morgan fingerprint density at radius 1 is 1.03 bits per heavy atom. The van der Waals surface area contributed by atoms with Crippen molar-refractivity contribution in [2.75, 3.05) is 19.5 Å². The van der Waals surface area contributed by atoms with Gasteiger partial charge in [-0.1, -0.05) is 31.2 Å². The summed E-state index contributed by atoms with van der Waals surface area (Å²) in [5.74, 6) is -0.169. The lowest BCUT2D eigenvalue weighted by atomic mass is 10.1. The summed E-state index contributed by atoms with van der Waals surface area (Å²) < 4.78 is 13.6. The summed E-state index contributed by atoms with van der Waals surface area (Å²) >= 11 is 1.74. The Morgan fingerprint density at radius 3 is 2.34 bits per heavy atom. The molecule has 0 unspecified atom stereocenters. The predicted molar refractivity (Wildman–Crippen MR) is 130 cm³/mol. The molecule has 1 N–H and O–H groups in total. The van der Waals surface area contributed by atoms with Crippen molar-refractivity contribution in [3.8, 4) is 17.0 Å². The van der Waals surface area contributed by atoms with Crippen LogP contribution in [0.3, 0.4) is 0 Å². The lowest BCUT2D eigenvalue weighted by Crippen LogP contribution is -2.26. The monoisotopic (exact) mass is 453 g/mol. The van der Waals surface area contributed by atoms with Crippen molar-refractivity contribution in [3.05, 3.63) is 71.9 Å². The molecule has 6 heteroatoms. The Balaban J connectivity index is 1.62. The molecular formula is C26H31NO4S. The van der Waals surface area contributed by atoms with Gasteiger partial charge < -0.3 is 19.1 Å². The van der Waals surface area contributed by atoms with Gasteiger partial charge >= 0.3 is 5.97 Å². The van der Waals surface area contributed by atoms with Gasteiger partial charge in [-0.15, -0.1) is 11.8 Å². The Labute approximate surface area is 194 Å². The second kappa shape index (κ2) is 11.8. The topological polar surface area (TPSA) is 60.7 Å². The van der Waals surface area contributed by atoms with E-state index in [1.165, 1.54) is 21.8 Å². The van der Waals surface area contributed by atoms with Crippen LogP contribution in [-0.4, -0.2) is 41.2 Å². The summed E-state index contributed by atoms with van der Waals surface area (Å²) in [6, 6.07) is 20.6. The van der Waals surface area contributed by atoms with Crippen LogP contribution in [0.5, 0.6) is 5.75 Å². The number of aliphatic carboxylic acids is 1. The van der Waals surface area contributed by atoms with E-state index in [4.69, 9.17) is 9.47 Å². The zero-order valence-electron chi connectivity index (χ0n) is 18.9. The molecule has 3 aromatic rings. The standard InChI is InChI=1S/C26H31NO4S/c1-4-21-10-15-24(20-8-13-23(32-3)14-9-20)27(21)16-17-31-22-11-6-19(7-12-22)18-25(26(28)29)30-5-2/h6-15,25H,4-5,16-18H2,1-3H3,(H,28,29)/t25-/m0/s1. The quantitative estimate of drug-likeness (QED) is 0.364. The van der Waals surface area contributed by atoms with Crippen LogP contribution >= 0.6 is 11.8 Å². The molecule has 170 valence electrons. The number of rotatable bonds is 12. The minimum atomic E-state index is -0.940. The first-order valence-electron chi connectivity index (χ1n) is 10.9. The largest absolute Gasteiger partial charge is 0.492 e. The maximum atomic E-state index is 11.3. The Bertz CT molecular complexity index is 996. The Kier molecular flexibility index (Phi) is 8.82. The summed E-state index contributed by atoms with van der Waals surface area (Å²) in [5.41, 5.74) is 4.59. The lowest BCUT2D eigenvalue weighted by molar-refractivity contribution is -0.149. The van der Waals surface area contributed by atoms with Crippen molar-refractivity contribution < 1.29 is 19.4 Å². The third-order valence-electron chi connectivity index (χ3n) is 5.39. The number of nitrogens with zero attached hydrogens (tertiary/aromatic N) is 1. The number of hydrogen-bond acceptors (Lipinski definition) is 4. The molecule has 0 aliphatic carbocycles. The van der Waals surface area contributed by atoms with E-state index in [1.54, 1.807) is 18.7 Å². The summed E-state index contributed by atoms with van der Waals surface area (Å²) in [6.07, 6.45) is 2.56. The number of thioether (sulfide) groups is 1. The average molecular weight is 454 g/mol. The van der Waals surface area contributed by atoms with Gasteiger partial charge in [0.25, 0.3) is 0 Å². The second-order valence-corrected chi connectivity index (χ2v) is 8.30. The summed E-state index contributed by atoms with van der Waals surface area (Å²) in [6.45, 7) is 5.64. The molecule has 3 rings (SSSR count). The van der Waals surface area contributed by atoms with E-state index >= 15 is 0 Å². The molecule has 0 aliphatic rings. The molecule has 5 nitrogen and oxygen atoms in total. The summed E-state index contributed by atoms with van der Waals surface area (Å²) in [5, 5.41) is 9.25. The van der Waals surface area contributed by atoms with Crippen LogP contribution in [0.15, 0.2) is 65.6 Å². The minimum Gasteiger partial charge on any atom is -0.492 e. The summed E-state index contributed by atoms with van der Waals surface area (Å²) in [4.78, 5) is 12.5. The minimum absolute atomic E-state index is 0.339. The number of aryl methyl sites for hydroxylation is 1. The zero-order chi connectivity index (χ0) is 22.9. The summed E-state index contributed by atoms with van der Waals surface area (Å²) in [7, 11) is 0. The third kappa shape index (κ3) is 6.17. The highest BCUT2D eigenvalue weighted by molar-refractivity contribution is 7.98. The number of hydrogen-bond donors (Lipinski definition) is 1. The van der Waals surface area contributed by atoms with Crippen molar-refractivity contribution in [1.82, 2.24) is 4.57 Å². The second-order valence-electron chi connectivity index (χ2n) is 7.42. The van der Waals surface area contributed by atoms with Gasteiger partial charge in [0.2, 0.25) is 0 Å². The van der Waals surface area contributed by atoms with E-state index in [-0.39, 0.29) is 0 Å². The van der Waals surface area contributed by atoms with Crippen molar-refractivity contribution in [3.63, 3.8) is 0 Å².